The lowest BCUT2D eigenvalue weighted by Crippen LogP contribution is -2.49. The minimum atomic E-state index is -1.31. The first-order chi connectivity index (χ1) is 10.7. The van der Waals surface area contributed by atoms with E-state index in [0.29, 0.717) is 12.1 Å². The van der Waals surface area contributed by atoms with E-state index in [4.69, 9.17) is 5.11 Å². The second-order valence-corrected chi connectivity index (χ2v) is 6.17. The summed E-state index contributed by atoms with van der Waals surface area (Å²) >= 11 is 0. The number of aryl methyl sites for hydroxylation is 2. The highest BCUT2D eigenvalue weighted by Crippen LogP contribution is 2.11. The van der Waals surface area contributed by atoms with Crippen molar-refractivity contribution in [1.82, 2.24) is 15.1 Å². The van der Waals surface area contributed by atoms with E-state index in [1.54, 1.807) is 12.1 Å². The lowest BCUT2D eigenvalue weighted by Gasteiger charge is -2.21. The number of hydrogen-bond acceptors (Lipinski definition) is 3. The molecule has 0 aliphatic rings. The Morgan fingerprint density at radius 3 is 2.30 bits per heavy atom. The van der Waals surface area contributed by atoms with Crippen LogP contribution >= 0.6 is 0 Å². The van der Waals surface area contributed by atoms with Crippen LogP contribution in [0.25, 0.3) is 0 Å². The van der Waals surface area contributed by atoms with Crippen LogP contribution in [0.1, 0.15) is 41.2 Å². The molecule has 6 heteroatoms. The number of rotatable bonds is 5. The van der Waals surface area contributed by atoms with Gasteiger partial charge in [0.2, 0.25) is 0 Å². The Kier molecular flexibility index (Phi) is 4.54. The Balaban J connectivity index is 2.09. The van der Waals surface area contributed by atoms with Crippen molar-refractivity contribution in [2.75, 3.05) is 0 Å². The zero-order valence-corrected chi connectivity index (χ0v) is 13.8. The van der Waals surface area contributed by atoms with Gasteiger partial charge in [0.05, 0.1) is 12.2 Å². The molecule has 2 rings (SSSR count). The number of aliphatic carboxylic acids is 1. The average molecular weight is 315 g/mol. The van der Waals surface area contributed by atoms with E-state index < -0.39 is 17.4 Å². The van der Waals surface area contributed by atoms with Crippen molar-refractivity contribution in [2.24, 2.45) is 0 Å². The quantitative estimate of drug-likeness (QED) is 0.885. The number of hydrogen-bond donors (Lipinski definition) is 2. The third kappa shape index (κ3) is 3.97. The molecule has 2 N–H and O–H groups in total. The van der Waals surface area contributed by atoms with Crippen molar-refractivity contribution in [1.29, 1.82) is 0 Å². The van der Waals surface area contributed by atoms with Crippen LogP contribution in [0.3, 0.4) is 0 Å². The van der Waals surface area contributed by atoms with Crippen LogP contribution in [-0.2, 0) is 11.3 Å². The molecule has 0 saturated heterocycles. The first-order valence-electron chi connectivity index (χ1n) is 7.35. The highest BCUT2D eigenvalue weighted by atomic mass is 16.4. The maximum absolute atomic E-state index is 12.1. The number of amides is 1. The summed E-state index contributed by atoms with van der Waals surface area (Å²) in [4.78, 5) is 23.2. The minimum absolute atomic E-state index is 0.407. The number of aromatic nitrogens is 2. The highest BCUT2D eigenvalue weighted by Gasteiger charge is 2.29. The summed E-state index contributed by atoms with van der Waals surface area (Å²) < 4.78 is 1.90. The third-order valence-electron chi connectivity index (χ3n) is 3.61. The fraction of sp³-hybridized carbons (Fsp3) is 0.353. The van der Waals surface area contributed by atoms with Gasteiger partial charge in [0, 0.05) is 11.3 Å². The summed E-state index contributed by atoms with van der Waals surface area (Å²) in [7, 11) is 0. The van der Waals surface area contributed by atoms with Crippen LogP contribution in [0.15, 0.2) is 30.3 Å². The van der Waals surface area contributed by atoms with Crippen LogP contribution < -0.4 is 5.32 Å². The largest absolute Gasteiger partial charge is 0.480 e. The molecule has 0 radical (unpaired) electrons. The molecule has 0 aliphatic heterocycles. The van der Waals surface area contributed by atoms with E-state index in [1.807, 2.05) is 36.7 Å². The maximum atomic E-state index is 12.1. The molecule has 1 aromatic carbocycles. The second kappa shape index (κ2) is 6.24. The summed E-state index contributed by atoms with van der Waals surface area (Å²) in [6.07, 6.45) is 0. The highest BCUT2D eigenvalue weighted by molar-refractivity contribution is 5.97. The van der Waals surface area contributed by atoms with Crippen LogP contribution in [0.2, 0.25) is 0 Å². The van der Waals surface area contributed by atoms with E-state index in [0.717, 1.165) is 17.0 Å². The predicted molar refractivity (Wildman–Crippen MR) is 86.4 cm³/mol. The van der Waals surface area contributed by atoms with E-state index in [2.05, 4.69) is 10.4 Å². The van der Waals surface area contributed by atoms with Gasteiger partial charge < -0.3 is 10.4 Å². The van der Waals surface area contributed by atoms with Crippen molar-refractivity contribution in [3.05, 3.63) is 52.8 Å². The lowest BCUT2D eigenvalue weighted by atomic mass is 10.0. The number of carboxylic acid groups (broad SMARTS) is 1. The zero-order valence-electron chi connectivity index (χ0n) is 13.8. The van der Waals surface area contributed by atoms with Crippen LogP contribution in [-0.4, -0.2) is 32.3 Å². The molecular formula is C17H21N3O3. The van der Waals surface area contributed by atoms with Crippen molar-refractivity contribution in [2.45, 2.75) is 39.8 Å². The van der Waals surface area contributed by atoms with Crippen molar-refractivity contribution in [3.8, 4) is 0 Å². The van der Waals surface area contributed by atoms with E-state index >= 15 is 0 Å². The molecule has 0 spiro atoms. The fourth-order valence-corrected chi connectivity index (χ4v) is 2.18. The number of nitrogens with zero attached hydrogens (tertiary/aromatic N) is 2. The Morgan fingerprint density at radius 1 is 1.22 bits per heavy atom. The van der Waals surface area contributed by atoms with Gasteiger partial charge in [-0.2, -0.15) is 5.10 Å². The molecule has 2 aromatic rings. The first-order valence-corrected chi connectivity index (χ1v) is 7.35. The number of benzene rings is 1. The van der Waals surface area contributed by atoms with E-state index in [1.165, 1.54) is 13.8 Å². The maximum Gasteiger partial charge on any atom is 0.328 e. The molecule has 0 saturated carbocycles. The summed E-state index contributed by atoms with van der Waals surface area (Å²) in [5, 5.41) is 15.9. The summed E-state index contributed by atoms with van der Waals surface area (Å²) in [5.74, 6) is -1.48. The fourth-order valence-electron chi connectivity index (χ4n) is 2.18. The zero-order chi connectivity index (χ0) is 17.2. The summed E-state index contributed by atoms with van der Waals surface area (Å²) in [6, 6.07) is 9.08. The molecule has 0 fully saturated rings. The minimum Gasteiger partial charge on any atom is -0.480 e. The molecule has 0 bridgehead atoms. The Morgan fingerprint density at radius 2 is 1.83 bits per heavy atom. The molecule has 0 unspecified atom stereocenters. The first kappa shape index (κ1) is 16.7. The molecule has 122 valence electrons. The lowest BCUT2D eigenvalue weighted by molar-refractivity contribution is -0.143. The van der Waals surface area contributed by atoms with E-state index in [-0.39, 0.29) is 0 Å². The standard InChI is InChI=1S/C17H21N3O3/c1-11-9-12(2)20(19-11)10-13-5-7-14(8-6-13)15(21)18-17(3,4)16(22)23/h5-9H,10H2,1-4H3,(H,18,21)(H,22,23). The van der Waals surface area contributed by atoms with Crippen molar-refractivity contribution < 1.29 is 14.7 Å². The SMILES string of the molecule is Cc1cc(C)n(Cc2ccc(C(=O)NC(C)(C)C(=O)O)cc2)n1. The van der Waals surface area contributed by atoms with Gasteiger partial charge in [-0.05, 0) is 51.5 Å². The van der Waals surface area contributed by atoms with Gasteiger partial charge in [0.1, 0.15) is 5.54 Å². The third-order valence-corrected chi connectivity index (χ3v) is 3.61. The van der Waals surface area contributed by atoms with Crippen LogP contribution in [0.4, 0.5) is 0 Å². The van der Waals surface area contributed by atoms with Gasteiger partial charge in [0.25, 0.3) is 5.91 Å². The molecule has 23 heavy (non-hydrogen) atoms. The number of carbonyl (C=O) groups excluding carboxylic acids is 1. The van der Waals surface area contributed by atoms with Gasteiger partial charge in [-0.15, -0.1) is 0 Å². The molecule has 1 aromatic heterocycles. The predicted octanol–water partition coefficient (Wildman–Crippen LogP) is 2.14. The molecular weight excluding hydrogens is 294 g/mol. The van der Waals surface area contributed by atoms with Gasteiger partial charge in [-0.3, -0.25) is 9.48 Å². The monoisotopic (exact) mass is 315 g/mol. The summed E-state index contributed by atoms with van der Waals surface area (Å²) in [5.41, 5.74) is 2.18. The van der Waals surface area contributed by atoms with Crippen molar-refractivity contribution >= 4 is 11.9 Å². The number of carboxylic acids is 1. The van der Waals surface area contributed by atoms with Crippen molar-refractivity contribution in [3.63, 3.8) is 0 Å². The summed E-state index contributed by atoms with van der Waals surface area (Å²) in [6.45, 7) is 7.47. The number of nitrogens with one attached hydrogen (secondary N) is 1. The molecule has 6 nitrogen and oxygen atoms in total. The smallest absolute Gasteiger partial charge is 0.328 e. The average Bonchev–Trinajstić information content (AvgIpc) is 2.77. The van der Waals surface area contributed by atoms with Crippen LogP contribution in [0, 0.1) is 13.8 Å². The van der Waals surface area contributed by atoms with E-state index in [9.17, 15) is 9.59 Å². The topological polar surface area (TPSA) is 84.2 Å². The Hall–Kier alpha value is -2.63. The molecule has 1 amide bonds. The number of carbonyl (C=O) groups is 2. The Bertz CT molecular complexity index is 730. The second-order valence-electron chi connectivity index (χ2n) is 6.17. The van der Waals surface area contributed by atoms with Gasteiger partial charge in [-0.25, -0.2) is 4.79 Å². The van der Waals surface area contributed by atoms with Gasteiger partial charge in [0.15, 0.2) is 0 Å². The van der Waals surface area contributed by atoms with Crippen LogP contribution in [0.5, 0.6) is 0 Å². The molecule has 1 heterocycles. The van der Waals surface area contributed by atoms with Gasteiger partial charge in [-0.1, -0.05) is 12.1 Å². The Labute approximate surface area is 135 Å². The molecule has 0 atom stereocenters. The normalized spacial score (nSPS) is 11.3. The van der Waals surface area contributed by atoms with Gasteiger partial charge >= 0.3 is 5.97 Å². The molecule has 0 aliphatic carbocycles.